The van der Waals surface area contributed by atoms with Crippen LogP contribution >= 0.6 is 22.9 Å². The molecule has 0 aliphatic heterocycles. The first-order valence-corrected chi connectivity index (χ1v) is 5.46. The molecule has 0 unspecified atom stereocenters. The lowest BCUT2D eigenvalue weighted by molar-refractivity contribution is 0.612. The minimum atomic E-state index is 0.177. The van der Waals surface area contributed by atoms with Crippen molar-refractivity contribution in [1.82, 2.24) is 0 Å². The van der Waals surface area contributed by atoms with Gasteiger partial charge in [-0.05, 0) is 31.7 Å². The van der Waals surface area contributed by atoms with E-state index in [9.17, 15) is 0 Å². The normalized spacial score (nSPS) is 19.5. The van der Waals surface area contributed by atoms with Crippen molar-refractivity contribution in [3.8, 4) is 0 Å². The van der Waals surface area contributed by atoms with Crippen molar-refractivity contribution in [3.05, 3.63) is 21.3 Å². The molecular weight excluding hydrogens is 190 g/mol. The highest BCUT2D eigenvalue weighted by Gasteiger charge is 2.37. The Morgan fingerprint density at radius 2 is 2.33 bits per heavy atom. The van der Waals surface area contributed by atoms with E-state index in [1.54, 1.807) is 11.3 Å². The quantitative estimate of drug-likeness (QED) is 0.800. The molecule has 1 aromatic heterocycles. The van der Waals surface area contributed by atoms with Gasteiger partial charge >= 0.3 is 0 Å². The summed E-state index contributed by atoms with van der Waals surface area (Å²) < 4.78 is 0. The predicted octanol–water partition coefficient (Wildman–Crippen LogP) is 2.83. The minimum absolute atomic E-state index is 0.177. The van der Waals surface area contributed by atoms with Gasteiger partial charge in [-0.1, -0.05) is 11.6 Å². The summed E-state index contributed by atoms with van der Waals surface area (Å²) in [7, 11) is 0. The third-order valence-corrected chi connectivity index (χ3v) is 3.73. The predicted molar refractivity (Wildman–Crippen MR) is 53.8 cm³/mol. The number of thiophene rings is 1. The number of rotatable bonds is 3. The Morgan fingerprint density at radius 3 is 2.83 bits per heavy atom. The van der Waals surface area contributed by atoms with Crippen molar-refractivity contribution >= 4 is 22.9 Å². The molecule has 1 saturated carbocycles. The molecule has 0 radical (unpaired) electrons. The third kappa shape index (κ3) is 2.00. The molecule has 12 heavy (non-hydrogen) atoms. The lowest BCUT2D eigenvalue weighted by Crippen LogP contribution is -2.21. The van der Waals surface area contributed by atoms with Crippen LogP contribution in [0.5, 0.6) is 0 Å². The zero-order chi connectivity index (χ0) is 8.60. The van der Waals surface area contributed by atoms with Crippen molar-refractivity contribution in [3.63, 3.8) is 0 Å². The standard InChI is InChI=1S/C9H12ClNS/c10-7-5-8(12-6-7)1-2-9(11)3-4-9/h5-6H,1-4,11H2. The molecule has 1 aromatic rings. The van der Waals surface area contributed by atoms with Crippen LogP contribution in [0.2, 0.25) is 5.02 Å². The van der Waals surface area contributed by atoms with Crippen LogP contribution < -0.4 is 5.73 Å². The molecule has 1 fully saturated rings. The van der Waals surface area contributed by atoms with Gasteiger partial charge in [-0.3, -0.25) is 0 Å². The molecule has 1 heterocycles. The first-order chi connectivity index (χ1) is 5.68. The van der Waals surface area contributed by atoms with Crippen LogP contribution in [0.3, 0.4) is 0 Å². The van der Waals surface area contributed by atoms with E-state index < -0.39 is 0 Å². The van der Waals surface area contributed by atoms with Crippen LogP contribution in [-0.2, 0) is 6.42 Å². The van der Waals surface area contributed by atoms with Crippen LogP contribution in [0.15, 0.2) is 11.4 Å². The maximum absolute atomic E-state index is 5.97. The number of hydrogen-bond donors (Lipinski definition) is 1. The smallest absolute Gasteiger partial charge is 0.0515 e. The SMILES string of the molecule is NC1(CCc2cc(Cl)cs2)CC1. The highest BCUT2D eigenvalue weighted by molar-refractivity contribution is 7.10. The molecule has 0 amide bonds. The minimum Gasteiger partial charge on any atom is -0.325 e. The van der Waals surface area contributed by atoms with E-state index >= 15 is 0 Å². The second-order valence-corrected chi connectivity index (χ2v) is 5.03. The van der Waals surface area contributed by atoms with Crippen LogP contribution in [0.25, 0.3) is 0 Å². The Kier molecular flexibility index (Phi) is 2.15. The van der Waals surface area contributed by atoms with Crippen molar-refractivity contribution in [2.45, 2.75) is 31.2 Å². The molecule has 0 saturated heterocycles. The summed E-state index contributed by atoms with van der Waals surface area (Å²) in [6.45, 7) is 0. The largest absolute Gasteiger partial charge is 0.325 e. The second-order valence-electron chi connectivity index (χ2n) is 3.59. The maximum atomic E-state index is 5.97. The molecular formula is C9H12ClNS. The van der Waals surface area contributed by atoms with Crippen molar-refractivity contribution in [2.75, 3.05) is 0 Å². The van der Waals surface area contributed by atoms with Crippen LogP contribution in [0, 0.1) is 0 Å². The maximum Gasteiger partial charge on any atom is 0.0515 e. The zero-order valence-electron chi connectivity index (χ0n) is 6.85. The molecule has 66 valence electrons. The first kappa shape index (κ1) is 8.54. The molecule has 1 aliphatic carbocycles. The van der Waals surface area contributed by atoms with E-state index in [4.69, 9.17) is 17.3 Å². The summed E-state index contributed by atoms with van der Waals surface area (Å²) in [6, 6.07) is 2.04. The van der Waals surface area contributed by atoms with Gasteiger partial charge < -0.3 is 5.73 Å². The van der Waals surface area contributed by atoms with E-state index in [2.05, 4.69) is 0 Å². The Labute approximate surface area is 81.5 Å². The van der Waals surface area contributed by atoms with E-state index in [-0.39, 0.29) is 5.54 Å². The van der Waals surface area contributed by atoms with Gasteiger partial charge in [0.25, 0.3) is 0 Å². The van der Waals surface area contributed by atoms with Gasteiger partial charge in [-0.25, -0.2) is 0 Å². The molecule has 0 spiro atoms. The fraction of sp³-hybridized carbons (Fsp3) is 0.556. The van der Waals surface area contributed by atoms with Gasteiger partial charge in [-0.15, -0.1) is 11.3 Å². The van der Waals surface area contributed by atoms with E-state index in [0.717, 1.165) is 17.9 Å². The van der Waals surface area contributed by atoms with Gasteiger partial charge in [-0.2, -0.15) is 0 Å². The van der Waals surface area contributed by atoms with E-state index in [1.165, 1.54) is 17.7 Å². The monoisotopic (exact) mass is 201 g/mol. The summed E-state index contributed by atoms with van der Waals surface area (Å²) in [5, 5.41) is 2.84. The van der Waals surface area contributed by atoms with E-state index in [1.807, 2.05) is 11.4 Å². The molecule has 1 nitrogen and oxygen atoms in total. The topological polar surface area (TPSA) is 26.0 Å². The summed E-state index contributed by atoms with van der Waals surface area (Å²) in [6.07, 6.45) is 4.61. The number of aryl methyl sites for hydroxylation is 1. The van der Waals surface area contributed by atoms with Crippen LogP contribution in [-0.4, -0.2) is 5.54 Å². The van der Waals surface area contributed by atoms with Crippen molar-refractivity contribution in [1.29, 1.82) is 0 Å². The van der Waals surface area contributed by atoms with Crippen molar-refractivity contribution < 1.29 is 0 Å². The number of nitrogens with two attached hydrogens (primary N) is 1. The second kappa shape index (κ2) is 3.02. The average Bonchev–Trinajstić information content (AvgIpc) is 2.60. The lowest BCUT2D eigenvalue weighted by Gasteiger charge is -2.05. The molecule has 0 bridgehead atoms. The zero-order valence-corrected chi connectivity index (χ0v) is 8.42. The Morgan fingerprint density at radius 1 is 1.58 bits per heavy atom. The Hall–Kier alpha value is -0.0500. The summed E-state index contributed by atoms with van der Waals surface area (Å²) in [5.41, 5.74) is 6.15. The molecule has 3 heteroatoms. The number of halogens is 1. The van der Waals surface area contributed by atoms with Crippen LogP contribution in [0.4, 0.5) is 0 Å². The van der Waals surface area contributed by atoms with Gasteiger partial charge in [0.1, 0.15) is 0 Å². The van der Waals surface area contributed by atoms with E-state index in [0.29, 0.717) is 0 Å². The van der Waals surface area contributed by atoms with Crippen molar-refractivity contribution in [2.24, 2.45) is 5.73 Å². The Balaban J connectivity index is 1.87. The molecule has 0 atom stereocenters. The molecule has 2 rings (SSSR count). The summed E-state index contributed by atoms with van der Waals surface area (Å²) in [4.78, 5) is 1.36. The third-order valence-electron chi connectivity index (χ3n) is 2.38. The Bertz CT molecular complexity index is 278. The fourth-order valence-corrected chi connectivity index (χ4v) is 2.34. The first-order valence-electron chi connectivity index (χ1n) is 4.20. The highest BCUT2D eigenvalue weighted by Crippen LogP contribution is 2.37. The van der Waals surface area contributed by atoms with Gasteiger partial charge in [0.15, 0.2) is 0 Å². The lowest BCUT2D eigenvalue weighted by atomic mass is 10.1. The molecule has 0 aromatic carbocycles. The van der Waals surface area contributed by atoms with Crippen LogP contribution in [0.1, 0.15) is 24.1 Å². The fourth-order valence-electron chi connectivity index (χ4n) is 1.27. The van der Waals surface area contributed by atoms with Gasteiger partial charge in [0.05, 0.1) is 5.02 Å². The summed E-state index contributed by atoms with van der Waals surface area (Å²) >= 11 is 7.54. The average molecular weight is 202 g/mol. The summed E-state index contributed by atoms with van der Waals surface area (Å²) in [5.74, 6) is 0. The molecule has 1 aliphatic rings. The van der Waals surface area contributed by atoms with Gasteiger partial charge in [0.2, 0.25) is 0 Å². The number of hydrogen-bond acceptors (Lipinski definition) is 2. The van der Waals surface area contributed by atoms with Gasteiger partial charge in [0, 0.05) is 15.8 Å². The highest BCUT2D eigenvalue weighted by atomic mass is 35.5. The molecule has 2 N–H and O–H groups in total.